The molecular formula is C21H25FN2O3S. The van der Waals surface area contributed by atoms with Crippen LogP contribution in [0.2, 0.25) is 0 Å². The number of hydrogen-bond donors (Lipinski definition) is 1. The Labute approximate surface area is 165 Å². The van der Waals surface area contributed by atoms with Crippen molar-refractivity contribution in [1.29, 1.82) is 0 Å². The molecule has 3 rings (SSSR count). The molecule has 0 unspecified atom stereocenters. The Morgan fingerprint density at radius 1 is 1.04 bits per heavy atom. The normalized spacial score (nSPS) is 15.4. The molecule has 0 radical (unpaired) electrons. The molecule has 0 saturated heterocycles. The largest absolute Gasteiger partial charge is 0.351 e. The molecule has 2 aromatic rings. The topological polar surface area (TPSA) is 66.5 Å². The average Bonchev–Trinajstić information content (AvgIpc) is 3.50. The van der Waals surface area contributed by atoms with Gasteiger partial charge in [-0.3, -0.25) is 4.79 Å². The first-order valence-electron chi connectivity index (χ1n) is 9.47. The van der Waals surface area contributed by atoms with Crippen molar-refractivity contribution in [2.75, 3.05) is 13.1 Å². The lowest BCUT2D eigenvalue weighted by Crippen LogP contribution is -2.34. The van der Waals surface area contributed by atoms with Crippen molar-refractivity contribution in [2.45, 2.75) is 43.5 Å². The smallest absolute Gasteiger partial charge is 0.243 e. The first kappa shape index (κ1) is 20.5. The van der Waals surface area contributed by atoms with Crippen LogP contribution in [0.1, 0.15) is 37.8 Å². The Hall–Kier alpha value is -2.25. The summed E-state index contributed by atoms with van der Waals surface area (Å²) >= 11 is 0. The first-order valence-corrected chi connectivity index (χ1v) is 10.9. The van der Waals surface area contributed by atoms with Gasteiger partial charge in [0, 0.05) is 19.6 Å². The summed E-state index contributed by atoms with van der Waals surface area (Å²) in [7, 11) is -3.49. The van der Waals surface area contributed by atoms with Crippen molar-refractivity contribution < 1.29 is 17.6 Å². The minimum absolute atomic E-state index is 0.0843. The number of amides is 1. The van der Waals surface area contributed by atoms with Crippen molar-refractivity contribution in [1.82, 2.24) is 9.62 Å². The number of nitrogens with zero attached hydrogens (tertiary/aromatic N) is 1. The van der Waals surface area contributed by atoms with Gasteiger partial charge in [-0.15, -0.1) is 0 Å². The fraction of sp³-hybridized carbons (Fsp3) is 0.381. The van der Waals surface area contributed by atoms with Gasteiger partial charge in [-0.1, -0.05) is 38.1 Å². The van der Waals surface area contributed by atoms with Crippen molar-refractivity contribution in [3.8, 4) is 0 Å². The predicted molar refractivity (Wildman–Crippen MR) is 106 cm³/mol. The van der Waals surface area contributed by atoms with Crippen LogP contribution in [0, 0.1) is 5.82 Å². The number of rotatable bonds is 8. The van der Waals surface area contributed by atoms with E-state index in [2.05, 4.69) is 5.32 Å². The molecule has 1 aliphatic rings. The molecule has 0 atom stereocenters. The Balaban J connectivity index is 1.65. The van der Waals surface area contributed by atoms with E-state index < -0.39 is 15.4 Å². The summed E-state index contributed by atoms with van der Waals surface area (Å²) in [6, 6.07) is 12.6. The quantitative estimate of drug-likeness (QED) is 0.735. The second kappa shape index (κ2) is 8.01. The monoisotopic (exact) mass is 404 g/mol. The molecule has 1 fully saturated rings. The van der Waals surface area contributed by atoms with E-state index in [1.165, 1.54) is 16.4 Å². The minimum atomic E-state index is -3.49. The maximum Gasteiger partial charge on any atom is 0.243 e. The highest BCUT2D eigenvalue weighted by atomic mass is 32.2. The van der Waals surface area contributed by atoms with E-state index in [0.29, 0.717) is 19.6 Å². The minimum Gasteiger partial charge on any atom is -0.351 e. The van der Waals surface area contributed by atoms with E-state index in [1.807, 2.05) is 0 Å². The first-order chi connectivity index (χ1) is 13.3. The van der Waals surface area contributed by atoms with Crippen LogP contribution in [0.25, 0.3) is 0 Å². The molecule has 1 saturated carbocycles. The fourth-order valence-electron chi connectivity index (χ4n) is 3.38. The van der Waals surface area contributed by atoms with Gasteiger partial charge in [0.05, 0.1) is 10.3 Å². The van der Waals surface area contributed by atoms with Gasteiger partial charge in [0.2, 0.25) is 15.9 Å². The highest BCUT2D eigenvalue weighted by Crippen LogP contribution is 2.48. The molecule has 2 aromatic carbocycles. The van der Waals surface area contributed by atoms with Gasteiger partial charge in [0.25, 0.3) is 0 Å². The van der Waals surface area contributed by atoms with Crippen LogP contribution in [0.15, 0.2) is 53.4 Å². The summed E-state index contributed by atoms with van der Waals surface area (Å²) in [5.41, 5.74) is 1.08. The van der Waals surface area contributed by atoms with Gasteiger partial charge in [0.15, 0.2) is 0 Å². The maximum atomic E-state index is 13.1. The molecule has 1 amide bonds. The lowest BCUT2D eigenvalue weighted by atomic mass is 9.95. The molecule has 1 aliphatic carbocycles. The van der Waals surface area contributed by atoms with Gasteiger partial charge in [-0.05, 0) is 48.2 Å². The third kappa shape index (κ3) is 3.95. The van der Waals surface area contributed by atoms with E-state index in [1.54, 1.807) is 50.2 Å². The molecule has 7 heteroatoms. The number of sulfonamides is 1. The fourth-order valence-corrected chi connectivity index (χ4v) is 4.84. The summed E-state index contributed by atoms with van der Waals surface area (Å²) in [6.45, 7) is 4.76. The molecule has 28 heavy (non-hydrogen) atoms. The number of nitrogens with one attached hydrogen (secondary N) is 1. The number of halogens is 1. The Bertz CT molecular complexity index is 933. The Morgan fingerprint density at radius 3 is 2.11 bits per heavy atom. The standard InChI is InChI=1S/C21H25FN2O3S/c1-3-24(4-2)28(26,27)19-11-5-16(6-12-19)15-23-20(25)21(13-14-21)17-7-9-18(22)10-8-17/h5-12H,3-4,13-15H2,1-2H3,(H,23,25). The van der Waals surface area contributed by atoms with Gasteiger partial charge >= 0.3 is 0 Å². The summed E-state index contributed by atoms with van der Waals surface area (Å²) in [6.07, 6.45) is 1.48. The Kier molecular flexibility index (Phi) is 5.86. The van der Waals surface area contributed by atoms with Crippen LogP contribution < -0.4 is 5.32 Å². The highest BCUT2D eigenvalue weighted by Gasteiger charge is 2.51. The van der Waals surface area contributed by atoms with E-state index >= 15 is 0 Å². The zero-order chi connectivity index (χ0) is 20.4. The van der Waals surface area contributed by atoms with Crippen molar-refractivity contribution in [3.05, 3.63) is 65.5 Å². The summed E-state index contributed by atoms with van der Waals surface area (Å²) < 4.78 is 39.6. The van der Waals surface area contributed by atoms with Crippen molar-refractivity contribution in [2.24, 2.45) is 0 Å². The number of carbonyl (C=O) groups is 1. The lowest BCUT2D eigenvalue weighted by Gasteiger charge is -2.19. The molecule has 0 spiro atoms. The Morgan fingerprint density at radius 2 is 1.61 bits per heavy atom. The summed E-state index contributed by atoms with van der Waals surface area (Å²) in [5.74, 6) is -0.404. The van der Waals surface area contributed by atoms with Crippen LogP contribution in [0.4, 0.5) is 4.39 Å². The predicted octanol–water partition coefficient (Wildman–Crippen LogP) is 3.20. The molecule has 0 aromatic heterocycles. The molecule has 5 nitrogen and oxygen atoms in total. The van der Waals surface area contributed by atoms with Crippen LogP contribution in [-0.2, 0) is 26.8 Å². The summed E-state index contributed by atoms with van der Waals surface area (Å²) in [4.78, 5) is 12.9. The highest BCUT2D eigenvalue weighted by molar-refractivity contribution is 7.89. The van der Waals surface area contributed by atoms with Gasteiger partial charge < -0.3 is 5.32 Å². The number of benzene rings is 2. The van der Waals surface area contributed by atoms with Gasteiger partial charge in [0.1, 0.15) is 5.82 Å². The van der Waals surface area contributed by atoms with Gasteiger partial charge in [-0.2, -0.15) is 4.31 Å². The van der Waals surface area contributed by atoms with Crippen LogP contribution in [0.5, 0.6) is 0 Å². The molecule has 0 heterocycles. The molecule has 0 bridgehead atoms. The van der Waals surface area contributed by atoms with Crippen LogP contribution in [-0.4, -0.2) is 31.7 Å². The summed E-state index contributed by atoms with van der Waals surface area (Å²) in [5, 5.41) is 2.93. The van der Waals surface area contributed by atoms with Crippen molar-refractivity contribution in [3.63, 3.8) is 0 Å². The molecular weight excluding hydrogens is 379 g/mol. The van der Waals surface area contributed by atoms with Crippen LogP contribution in [0.3, 0.4) is 0 Å². The van der Waals surface area contributed by atoms with E-state index in [-0.39, 0.29) is 16.6 Å². The second-order valence-corrected chi connectivity index (χ2v) is 8.94. The molecule has 1 N–H and O–H groups in total. The molecule has 0 aliphatic heterocycles. The van der Waals surface area contributed by atoms with Gasteiger partial charge in [-0.25, -0.2) is 12.8 Å². The number of hydrogen-bond acceptors (Lipinski definition) is 3. The van der Waals surface area contributed by atoms with E-state index in [0.717, 1.165) is 24.0 Å². The van der Waals surface area contributed by atoms with Crippen molar-refractivity contribution >= 4 is 15.9 Å². The molecule has 150 valence electrons. The van der Waals surface area contributed by atoms with Crippen LogP contribution >= 0.6 is 0 Å². The third-order valence-corrected chi connectivity index (χ3v) is 7.37. The lowest BCUT2D eigenvalue weighted by molar-refractivity contribution is -0.123. The maximum absolute atomic E-state index is 13.1. The second-order valence-electron chi connectivity index (χ2n) is 7.00. The zero-order valence-corrected chi connectivity index (χ0v) is 16.9. The third-order valence-electron chi connectivity index (χ3n) is 5.30. The van der Waals surface area contributed by atoms with E-state index in [9.17, 15) is 17.6 Å². The SMILES string of the molecule is CCN(CC)S(=O)(=O)c1ccc(CNC(=O)C2(c3ccc(F)cc3)CC2)cc1. The number of carbonyl (C=O) groups excluding carboxylic acids is 1. The average molecular weight is 405 g/mol. The zero-order valence-electron chi connectivity index (χ0n) is 16.1. The van der Waals surface area contributed by atoms with E-state index in [4.69, 9.17) is 0 Å².